The maximum absolute atomic E-state index is 12.2. The van der Waals surface area contributed by atoms with E-state index in [1.54, 1.807) is 12.1 Å². The first-order chi connectivity index (χ1) is 9.25. The van der Waals surface area contributed by atoms with Gasteiger partial charge in [-0.05, 0) is 39.8 Å². The Hall–Kier alpha value is -2.10. The van der Waals surface area contributed by atoms with Gasteiger partial charge in [-0.2, -0.15) is 0 Å². The minimum absolute atomic E-state index is 0.186. The van der Waals surface area contributed by atoms with Crippen molar-refractivity contribution in [2.24, 2.45) is 0 Å². The van der Waals surface area contributed by atoms with Crippen molar-refractivity contribution in [3.05, 3.63) is 48.0 Å². The van der Waals surface area contributed by atoms with Crippen molar-refractivity contribution in [2.45, 2.75) is 39.7 Å². The summed E-state index contributed by atoms with van der Waals surface area (Å²) in [6.45, 7) is 11.1. The maximum Gasteiger partial charge on any atom is 0.269 e. The molecule has 1 rings (SSSR count). The molecule has 0 atom stereocenters. The van der Waals surface area contributed by atoms with Gasteiger partial charge in [0.15, 0.2) is 0 Å². The molecule has 4 nitrogen and oxygen atoms in total. The molecular weight excluding hydrogens is 252 g/mol. The van der Waals surface area contributed by atoms with Crippen LogP contribution in [0.3, 0.4) is 0 Å². The summed E-state index contributed by atoms with van der Waals surface area (Å²) in [6.07, 6.45) is 1.71. The second kappa shape index (κ2) is 6.37. The SMILES string of the molecule is C=CCC(=O)N(NC(=O)c1cccc(C)c1)C(C)(C)C. The highest BCUT2D eigenvalue weighted by Gasteiger charge is 2.27. The van der Waals surface area contributed by atoms with Gasteiger partial charge in [0, 0.05) is 12.0 Å². The molecule has 0 aliphatic heterocycles. The Balaban J connectivity index is 2.93. The number of hydrogen-bond donors (Lipinski definition) is 1. The van der Waals surface area contributed by atoms with E-state index in [-0.39, 0.29) is 18.2 Å². The number of nitrogens with one attached hydrogen (secondary N) is 1. The van der Waals surface area contributed by atoms with Crippen LogP contribution in [-0.2, 0) is 4.79 Å². The molecule has 4 heteroatoms. The van der Waals surface area contributed by atoms with Gasteiger partial charge in [-0.25, -0.2) is 5.01 Å². The van der Waals surface area contributed by atoms with Crippen LogP contribution in [-0.4, -0.2) is 22.4 Å². The van der Waals surface area contributed by atoms with Gasteiger partial charge in [-0.15, -0.1) is 6.58 Å². The van der Waals surface area contributed by atoms with Gasteiger partial charge in [-0.3, -0.25) is 15.0 Å². The first kappa shape index (κ1) is 16.0. The number of aryl methyl sites for hydroxylation is 1. The smallest absolute Gasteiger partial charge is 0.269 e. The largest absolute Gasteiger partial charge is 0.273 e. The van der Waals surface area contributed by atoms with Crippen LogP contribution < -0.4 is 5.43 Å². The molecule has 0 unspecified atom stereocenters. The average molecular weight is 274 g/mol. The monoisotopic (exact) mass is 274 g/mol. The molecule has 1 N–H and O–H groups in total. The van der Waals surface area contributed by atoms with Crippen LogP contribution in [0.4, 0.5) is 0 Å². The predicted octanol–water partition coefficient (Wildman–Crippen LogP) is 2.84. The van der Waals surface area contributed by atoms with Gasteiger partial charge in [0.2, 0.25) is 5.91 Å². The van der Waals surface area contributed by atoms with Gasteiger partial charge < -0.3 is 0 Å². The lowest BCUT2D eigenvalue weighted by Gasteiger charge is -2.35. The van der Waals surface area contributed by atoms with Crippen molar-refractivity contribution in [3.8, 4) is 0 Å². The summed E-state index contributed by atoms with van der Waals surface area (Å²) in [6, 6.07) is 7.24. The van der Waals surface area contributed by atoms with E-state index in [1.807, 2.05) is 39.8 Å². The molecule has 0 spiro atoms. The Morgan fingerprint density at radius 3 is 2.50 bits per heavy atom. The quantitative estimate of drug-likeness (QED) is 0.680. The molecule has 0 heterocycles. The molecule has 1 aromatic carbocycles. The summed E-state index contributed by atoms with van der Waals surface area (Å²) in [5.74, 6) is -0.477. The number of benzene rings is 1. The van der Waals surface area contributed by atoms with Gasteiger partial charge in [0.05, 0.1) is 5.54 Å². The Morgan fingerprint density at radius 1 is 1.35 bits per heavy atom. The zero-order valence-electron chi connectivity index (χ0n) is 12.6. The van der Waals surface area contributed by atoms with Crippen LogP contribution in [0.5, 0.6) is 0 Å². The van der Waals surface area contributed by atoms with E-state index >= 15 is 0 Å². The van der Waals surface area contributed by atoms with Crippen molar-refractivity contribution in [1.82, 2.24) is 10.4 Å². The minimum atomic E-state index is -0.500. The van der Waals surface area contributed by atoms with Crippen LogP contribution in [0, 0.1) is 6.92 Å². The Morgan fingerprint density at radius 2 is 2.00 bits per heavy atom. The second-order valence-corrected chi connectivity index (χ2v) is 5.70. The molecule has 1 aromatic rings. The van der Waals surface area contributed by atoms with Crippen LogP contribution in [0.15, 0.2) is 36.9 Å². The van der Waals surface area contributed by atoms with E-state index in [0.29, 0.717) is 5.56 Å². The molecule has 0 aliphatic rings. The number of nitrogens with zero attached hydrogens (tertiary/aromatic N) is 1. The lowest BCUT2D eigenvalue weighted by atomic mass is 10.1. The summed E-state index contributed by atoms with van der Waals surface area (Å²) in [7, 11) is 0. The zero-order valence-corrected chi connectivity index (χ0v) is 12.6. The molecule has 0 aliphatic carbocycles. The summed E-state index contributed by atoms with van der Waals surface area (Å²) >= 11 is 0. The van der Waals surface area contributed by atoms with E-state index < -0.39 is 5.54 Å². The predicted molar refractivity (Wildman–Crippen MR) is 80.1 cm³/mol. The highest BCUT2D eigenvalue weighted by molar-refractivity contribution is 5.95. The fourth-order valence-corrected chi connectivity index (χ4v) is 1.77. The highest BCUT2D eigenvalue weighted by atomic mass is 16.2. The molecule has 0 radical (unpaired) electrons. The van der Waals surface area contributed by atoms with Crippen molar-refractivity contribution in [2.75, 3.05) is 0 Å². The van der Waals surface area contributed by atoms with E-state index in [2.05, 4.69) is 12.0 Å². The van der Waals surface area contributed by atoms with Gasteiger partial charge in [-0.1, -0.05) is 23.8 Å². The molecule has 108 valence electrons. The zero-order chi connectivity index (χ0) is 15.3. The van der Waals surface area contributed by atoms with Crippen LogP contribution in [0.1, 0.15) is 43.1 Å². The first-order valence-electron chi connectivity index (χ1n) is 6.57. The number of carbonyl (C=O) groups excluding carboxylic acids is 2. The third-order valence-corrected chi connectivity index (χ3v) is 2.73. The molecule has 0 aromatic heterocycles. The van der Waals surface area contributed by atoms with E-state index in [0.717, 1.165) is 5.56 Å². The highest BCUT2D eigenvalue weighted by Crippen LogP contribution is 2.13. The average Bonchev–Trinajstić information content (AvgIpc) is 2.34. The van der Waals surface area contributed by atoms with Crippen LogP contribution >= 0.6 is 0 Å². The normalized spacial score (nSPS) is 10.8. The van der Waals surface area contributed by atoms with Crippen LogP contribution in [0.2, 0.25) is 0 Å². The molecule has 0 saturated heterocycles. The first-order valence-corrected chi connectivity index (χ1v) is 6.57. The molecule has 0 saturated carbocycles. The number of amides is 2. The minimum Gasteiger partial charge on any atom is -0.273 e. The lowest BCUT2D eigenvalue weighted by molar-refractivity contribution is -0.138. The number of rotatable bonds is 3. The summed E-state index contributed by atoms with van der Waals surface area (Å²) in [4.78, 5) is 24.3. The summed E-state index contributed by atoms with van der Waals surface area (Å²) in [5.41, 5.74) is 3.71. The Kier molecular flexibility index (Phi) is 5.08. The summed E-state index contributed by atoms with van der Waals surface area (Å²) in [5, 5.41) is 1.36. The van der Waals surface area contributed by atoms with Crippen LogP contribution in [0.25, 0.3) is 0 Å². The van der Waals surface area contributed by atoms with Crippen molar-refractivity contribution in [3.63, 3.8) is 0 Å². The van der Waals surface area contributed by atoms with Gasteiger partial charge in [0.25, 0.3) is 5.91 Å². The molecule has 2 amide bonds. The Labute approximate surface area is 120 Å². The van der Waals surface area contributed by atoms with E-state index in [4.69, 9.17) is 0 Å². The molecule has 0 bridgehead atoms. The van der Waals surface area contributed by atoms with Gasteiger partial charge in [0.1, 0.15) is 0 Å². The lowest BCUT2D eigenvalue weighted by Crippen LogP contribution is -2.55. The van der Waals surface area contributed by atoms with Crippen molar-refractivity contribution >= 4 is 11.8 Å². The summed E-state index contributed by atoms with van der Waals surface area (Å²) < 4.78 is 0. The fourth-order valence-electron chi connectivity index (χ4n) is 1.77. The van der Waals surface area contributed by atoms with Gasteiger partial charge >= 0.3 is 0 Å². The number of hydrogen-bond acceptors (Lipinski definition) is 2. The molecular formula is C16H22N2O2. The van der Waals surface area contributed by atoms with Crippen molar-refractivity contribution < 1.29 is 9.59 Å². The standard InChI is InChI=1S/C16H22N2O2/c1-6-8-14(19)18(16(3,4)5)17-15(20)13-10-7-9-12(2)11-13/h6-7,9-11H,1,8H2,2-5H3,(H,17,20). The molecule has 20 heavy (non-hydrogen) atoms. The topological polar surface area (TPSA) is 49.4 Å². The van der Waals surface area contributed by atoms with E-state index in [1.165, 1.54) is 11.1 Å². The third-order valence-electron chi connectivity index (χ3n) is 2.73. The number of hydrazine groups is 1. The van der Waals surface area contributed by atoms with Crippen molar-refractivity contribution in [1.29, 1.82) is 0 Å². The third kappa shape index (κ3) is 4.23. The molecule has 0 fully saturated rings. The Bertz CT molecular complexity index is 515. The fraction of sp³-hybridized carbons (Fsp3) is 0.375. The number of carbonyl (C=O) groups is 2. The second-order valence-electron chi connectivity index (χ2n) is 5.70. The maximum atomic E-state index is 12.2. The van der Waals surface area contributed by atoms with E-state index in [9.17, 15) is 9.59 Å².